The lowest BCUT2D eigenvalue weighted by Crippen LogP contribution is -2.37. The van der Waals surface area contributed by atoms with E-state index in [2.05, 4.69) is 0 Å². The molecule has 4 nitrogen and oxygen atoms in total. The summed E-state index contributed by atoms with van der Waals surface area (Å²) in [6.07, 6.45) is -3.39. The highest BCUT2D eigenvalue weighted by atomic mass is 19.4. The Morgan fingerprint density at radius 1 is 1.18 bits per heavy atom. The summed E-state index contributed by atoms with van der Waals surface area (Å²) in [6, 6.07) is 6.93. The van der Waals surface area contributed by atoms with Crippen LogP contribution < -0.4 is 5.32 Å². The number of alkyl halides is 3. The molecule has 7 heteroatoms. The highest BCUT2D eigenvalue weighted by Crippen LogP contribution is 2.15. The Morgan fingerprint density at radius 2 is 1.86 bits per heavy atom. The lowest BCUT2D eigenvalue weighted by molar-refractivity contribution is -0.173. The Bertz CT molecular complexity index is 515. The standard InChI is InChI=1S/C15H18F3NO3/c1-2-22-13(20)12-9-4-3-7-11(12)8-5-6-10-19-14(21)15(16,17)18/h3-4,7,9H,2,5-6,8,10H2,1H3,(H,19,21). The van der Waals surface area contributed by atoms with E-state index < -0.39 is 18.1 Å². The number of carbonyl (C=O) groups is 2. The summed E-state index contributed by atoms with van der Waals surface area (Å²) in [5.74, 6) is -2.34. The number of amides is 1. The van der Waals surface area contributed by atoms with Gasteiger partial charge in [-0.25, -0.2) is 4.79 Å². The molecule has 1 N–H and O–H groups in total. The molecular formula is C15H18F3NO3. The molecule has 122 valence electrons. The predicted octanol–water partition coefficient (Wildman–Crippen LogP) is 2.86. The van der Waals surface area contributed by atoms with Gasteiger partial charge in [0.25, 0.3) is 0 Å². The second-order valence-corrected chi connectivity index (χ2v) is 4.59. The van der Waals surface area contributed by atoms with Crippen molar-refractivity contribution >= 4 is 11.9 Å². The third-order valence-corrected chi connectivity index (χ3v) is 2.93. The molecule has 0 bridgehead atoms. The molecular weight excluding hydrogens is 299 g/mol. The van der Waals surface area contributed by atoms with Crippen molar-refractivity contribution in [2.24, 2.45) is 0 Å². The zero-order chi connectivity index (χ0) is 16.6. The Morgan fingerprint density at radius 3 is 2.50 bits per heavy atom. The van der Waals surface area contributed by atoms with E-state index in [-0.39, 0.29) is 13.2 Å². The van der Waals surface area contributed by atoms with E-state index in [4.69, 9.17) is 4.74 Å². The molecule has 0 radical (unpaired) electrons. The van der Waals surface area contributed by atoms with Gasteiger partial charge in [-0.15, -0.1) is 0 Å². The number of unbranched alkanes of at least 4 members (excludes halogenated alkanes) is 1. The summed E-state index contributed by atoms with van der Waals surface area (Å²) >= 11 is 0. The molecule has 0 atom stereocenters. The van der Waals surface area contributed by atoms with Crippen molar-refractivity contribution in [1.82, 2.24) is 5.32 Å². The van der Waals surface area contributed by atoms with Gasteiger partial charge in [0.15, 0.2) is 0 Å². The quantitative estimate of drug-likeness (QED) is 0.621. The van der Waals surface area contributed by atoms with Crippen molar-refractivity contribution in [3.63, 3.8) is 0 Å². The van der Waals surface area contributed by atoms with Gasteiger partial charge in [0.05, 0.1) is 12.2 Å². The average molecular weight is 317 g/mol. The molecule has 0 aliphatic rings. The third-order valence-electron chi connectivity index (χ3n) is 2.93. The van der Waals surface area contributed by atoms with Gasteiger partial charge in [-0.05, 0) is 37.8 Å². The van der Waals surface area contributed by atoms with Gasteiger partial charge in [0, 0.05) is 6.54 Å². The first-order valence-corrected chi connectivity index (χ1v) is 6.96. The van der Waals surface area contributed by atoms with Crippen LogP contribution in [0.25, 0.3) is 0 Å². The summed E-state index contributed by atoms with van der Waals surface area (Å²) in [7, 11) is 0. The first-order valence-electron chi connectivity index (χ1n) is 6.96. The number of benzene rings is 1. The average Bonchev–Trinajstić information content (AvgIpc) is 2.46. The Kier molecular flexibility index (Phi) is 6.88. The predicted molar refractivity (Wildman–Crippen MR) is 74.4 cm³/mol. The Balaban J connectivity index is 2.43. The van der Waals surface area contributed by atoms with E-state index in [1.54, 1.807) is 31.2 Å². The number of aryl methyl sites for hydroxylation is 1. The van der Waals surface area contributed by atoms with E-state index in [1.807, 2.05) is 5.32 Å². The van der Waals surface area contributed by atoms with Crippen LogP contribution in [0, 0.1) is 0 Å². The van der Waals surface area contributed by atoms with E-state index in [0.717, 1.165) is 5.56 Å². The normalized spacial score (nSPS) is 11.1. The summed E-state index contributed by atoms with van der Waals surface area (Å²) in [5.41, 5.74) is 1.24. The van der Waals surface area contributed by atoms with Gasteiger partial charge in [0.1, 0.15) is 0 Å². The smallest absolute Gasteiger partial charge is 0.462 e. The van der Waals surface area contributed by atoms with E-state index in [9.17, 15) is 22.8 Å². The van der Waals surface area contributed by atoms with Crippen molar-refractivity contribution in [2.45, 2.75) is 32.4 Å². The molecule has 22 heavy (non-hydrogen) atoms. The molecule has 0 aliphatic heterocycles. The van der Waals surface area contributed by atoms with Crippen molar-refractivity contribution in [3.8, 4) is 0 Å². The monoisotopic (exact) mass is 317 g/mol. The first-order chi connectivity index (χ1) is 10.4. The SMILES string of the molecule is CCOC(=O)c1ccccc1CCCCNC(=O)C(F)(F)F. The number of ether oxygens (including phenoxy) is 1. The van der Waals surface area contributed by atoms with E-state index >= 15 is 0 Å². The molecule has 0 spiro atoms. The second-order valence-electron chi connectivity index (χ2n) is 4.59. The van der Waals surface area contributed by atoms with Crippen LogP contribution in [0.4, 0.5) is 13.2 Å². The molecule has 0 aromatic heterocycles. The third kappa shape index (κ3) is 5.75. The summed E-state index contributed by atoms with van der Waals surface area (Å²) in [4.78, 5) is 22.4. The zero-order valence-electron chi connectivity index (χ0n) is 12.2. The summed E-state index contributed by atoms with van der Waals surface area (Å²) in [5, 5.41) is 1.81. The topological polar surface area (TPSA) is 55.4 Å². The second kappa shape index (κ2) is 8.41. The number of nitrogens with one attached hydrogen (secondary N) is 1. The first kappa shape index (κ1) is 18.0. The van der Waals surface area contributed by atoms with Gasteiger partial charge in [-0.1, -0.05) is 18.2 Å². The fourth-order valence-electron chi connectivity index (χ4n) is 1.89. The van der Waals surface area contributed by atoms with Crippen LogP contribution in [0.1, 0.15) is 35.7 Å². The van der Waals surface area contributed by atoms with Crippen molar-refractivity contribution in [1.29, 1.82) is 0 Å². The van der Waals surface area contributed by atoms with Crippen LogP contribution in [0.2, 0.25) is 0 Å². The molecule has 1 aromatic carbocycles. The van der Waals surface area contributed by atoms with Gasteiger partial charge in [-0.2, -0.15) is 13.2 Å². The van der Waals surface area contributed by atoms with E-state index in [0.29, 0.717) is 24.8 Å². The van der Waals surface area contributed by atoms with Gasteiger partial charge in [-0.3, -0.25) is 4.79 Å². The molecule has 0 heterocycles. The molecule has 0 aliphatic carbocycles. The fraction of sp³-hybridized carbons (Fsp3) is 0.467. The molecule has 1 rings (SSSR count). The van der Waals surface area contributed by atoms with E-state index in [1.165, 1.54) is 0 Å². The zero-order valence-corrected chi connectivity index (χ0v) is 12.2. The lowest BCUT2D eigenvalue weighted by Gasteiger charge is -2.10. The lowest BCUT2D eigenvalue weighted by atomic mass is 10.0. The number of esters is 1. The molecule has 0 fully saturated rings. The summed E-state index contributed by atoms with van der Waals surface area (Å²) in [6.45, 7) is 1.93. The van der Waals surface area contributed by atoms with Crippen LogP contribution >= 0.6 is 0 Å². The van der Waals surface area contributed by atoms with Crippen LogP contribution in [-0.4, -0.2) is 31.2 Å². The maximum Gasteiger partial charge on any atom is 0.471 e. The molecule has 1 aromatic rings. The largest absolute Gasteiger partial charge is 0.471 e. The Hall–Kier alpha value is -2.05. The highest BCUT2D eigenvalue weighted by Gasteiger charge is 2.38. The van der Waals surface area contributed by atoms with Crippen LogP contribution in [-0.2, 0) is 16.0 Å². The molecule has 0 saturated heterocycles. The maximum atomic E-state index is 12.0. The van der Waals surface area contributed by atoms with Gasteiger partial charge < -0.3 is 10.1 Å². The van der Waals surface area contributed by atoms with Crippen molar-refractivity contribution < 1.29 is 27.5 Å². The van der Waals surface area contributed by atoms with Crippen LogP contribution in [0.15, 0.2) is 24.3 Å². The highest BCUT2D eigenvalue weighted by molar-refractivity contribution is 5.91. The molecule has 1 amide bonds. The van der Waals surface area contributed by atoms with Gasteiger partial charge in [0.2, 0.25) is 0 Å². The van der Waals surface area contributed by atoms with Crippen molar-refractivity contribution in [3.05, 3.63) is 35.4 Å². The summed E-state index contributed by atoms with van der Waals surface area (Å²) < 4.78 is 40.9. The molecule has 0 saturated carbocycles. The molecule has 0 unspecified atom stereocenters. The minimum atomic E-state index is -4.85. The minimum absolute atomic E-state index is 0.0556. The van der Waals surface area contributed by atoms with Crippen molar-refractivity contribution in [2.75, 3.05) is 13.2 Å². The van der Waals surface area contributed by atoms with Crippen LogP contribution in [0.5, 0.6) is 0 Å². The number of halogens is 3. The van der Waals surface area contributed by atoms with Gasteiger partial charge >= 0.3 is 18.1 Å². The number of rotatable bonds is 7. The Labute approximate surface area is 126 Å². The van der Waals surface area contributed by atoms with Crippen LogP contribution in [0.3, 0.4) is 0 Å². The minimum Gasteiger partial charge on any atom is -0.462 e. The fourth-order valence-corrected chi connectivity index (χ4v) is 1.89. The number of carbonyl (C=O) groups excluding carboxylic acids is 2. The number of hydrogen-bond acceptors (Lipinski definition) is 3. The maximum absolute atomic E-state index is 12.0. The number of hydrogen-bond donors (Lipinski definition) is 1.